The van der Waals surface area contributed by atoms with Gasteiger partial charge in [-0.15, -0.1) is 0 Å². The van der Waals surface area contributed by atoms with Gasteiger partial charge in [0.2, 0.25) is 17.7 Å². The Balaban J connectivity index is 1.50. The molecule has 11 heteroatoms. The fraction of sp³-hybridized carbons (Fsp3) is 0.409. The van der Waals surface area contributed by atoms with E-state index in [0.29, 0.717) is 31.5 Å². The van der Waals surface area contributed by atoms with E-state index in [-0.39, 0.29) is 12.3 Å². The summed E-state index contributed by atoms with van der Waals surface area (Å²) in [5, 5.41) is 14.2. The molecule has 1 fully saturated rings. The van der Waals surface area contributed by atoms with Crippen LogP contribution in [0, 0.1) is 0 Å². The van der Waals surface area contributed by atoms with Crippen molar-refractivity contribution in [2.45, 2.75) is 43.8 Å². The Labute approximate surface area is 190 Å². The molecule has 1 saturated heterocycles. The maximum Gasteiger partial charge on any atom is 0.326 e. The van der Waals surface area contributed by atoms with Gasteiger partial charge < -0.3 is 31.4 Å². The summed E-state index contributed by atoms with van der Waals surface area (Å²) in [5.41, 5.74) is 7.59. The first-order valence-electron chi connectivity index (χ1n) is 10.7. The van der Waals surface area contributed by atoms with Crippen LogP contribution in [0.5, 0.6) is 0 Å². The zero-order valence-corrected chi connectivity index (χ0v) is 18.1. The molecule has 3 atom stereocenters. The lowest BCUT2D eigenvalue weighted by Gasteiger charge is -2.26. The van der Waals surface area contributed by atoms with Crippen LogP contribution < -0.4 is 16.4 Å². The van der Waals surface area contributed by atoms with Gasteiger partial charge in [0.15, 0.2) is 0 Å². The zero-order chi connectivity index (χ0) is 23.8. The van der Waals surface area contributed by atoms with Gasteiger partial charge in [-0.2, -0.15) is 0 Å². The van der Waals surface area contributed by atoms with Crippen molar-refractivity contribution in [1.82, 2.24) is 25.5 Å². The number of aromatic nitrogens is 2. The topological polar surface area (TPSA) is 171 Å². The van der Waals surface area contributed by atoms with Crippen molar-refractivity contribution in [2.75, 3.05) is 13.1 Å². The molecular weight excluding hydrogens is 428 g/mol. The average molecular weight is 457 g/mol. The van der Waals surface area contributed by atoms with Gasteiger partial charge in [-0.1, -0.05) is 30.3 Å². The lowest BCUT2D eigenvalue weighted by molar-refractivity contribution is -0.142. The molecule has 1 aliphatic heterocycles. The lowest BCUT2D eigenvalue weighted by atomic mass is 10.1. The monoisotopic (exact) mass is 456 g/mol. The number of carbonyl (C=O) groups is 4. The highest BCUT2D eigenvalue weighted by atomic mass is 16.4. The molecule has 0 saturated carbocycles. The van der Waals surface area contributed by atoms with Gasteiger partial charge >= 0.3 is 5.97 Å². The number of nitrogens with two attached hydrogens (primary N) is 1. The van der Waals surface area contributed by atoms with Crippen LogP contribution in [0.4, 0.5) is 0 Å². The van der Waals surface area contributed by atoms with Crippen LogP contribution in [0.15, 0.2) is 42.9 Å². The number of aromatic amines is 1. The molecule has 33 heavy (non-hydrogen) atoms. The standard InChI is InChI=1S/C22H28N6O5/c23-16(9-14-5-2-1-3-6-14)21(31)28-8-4-7-18(28)20(30)25-12-19(29)27-17(22(32)33)10-15-11-24-13-26-15/h1-3,5-6,11,13,16-18H,4,7-10,12,23H2,(H,24,26)(H,25,30)(H,27,29)(H,32,33). The van der Waals surface area contributed by atoms with Crippen LogP contribution >= 0.6 is 0 Å². The summed E-state index contributed by atoms with van der Waals surface area (Å²) in [6.45, 7) is 0.0110. The van der Waals surface area contributed by atoms with E-state index in [1.54, 1.807) is 0 Å². The second-order valence-corrected chi connectivity index (χ2v) is 7.94. The number of nitrogens with zero attached hydrogens (tertiary/aromatic N) is 2. The number of benzene rings is 1. The third kappa shape index (κ3) is 6.62. The predicted molar refractivity (Wildman–Crippen MR) is 118 cm³/mol. The Morgan fingerprint density at radius 1 is 1.21 bits per heavy atom. The minimum Gasteiger partial charge on any atom is -0.480 e. The number of imidazole rings is 1. The second kappa shape index (κ2) is 11.2. The van der Waals surface area contributed by atoms with Gasteiger partial charge in [0.25, 0.3) is 0 Å². The Morgan fingerprint density at radius 2 is 1.97 bits per heavy atom. The Bertz CT molecular complexity index is 965. The van der Waals surface area contributed by atoms with E-state index in [9.17, 15) is 24.3 Å². The predicted octanol–water partition coefficient (Wildman–Crippen LogP) is -0.801. The summed E-state index contributed by atoms with van der Waals surface area (Å²) in [5.74, 6) is -2.63. The molecule has 0 spiro atoms. The molecule has 3 rings (SSSR count). The van der Waals surface area contributed by atoms with Gasteiger partial charge in [-0.3, -0.25) is 14.4 Å². The minimum absolute atomic E-state index is 0.0270. The van der Waals surface area contributed by atoms with E-state index in [0.717, 1.165) is 5.56 Å². The molecule has 11 nitrogen and oxygen atoms in total. The molecule has 0 aliphatic carbocycles. The molecule has 1 aromatic heterocycles. The maximum atomic E-state index is 12.8. The van der Waals surface area contributed by atoms with Crippen molar-refractivity contribution in [2.24, 2.45) is 5.73 Å². The number of hydrogen-bond acceptors (Lipinski definition) is 6. The summed E-state index contributed by atoms with van der Waals surface area (Å²) < 4.78 is 0. The highest BCUT2D eigenvalue weighted by molar-refractivity contribution is 5.93. The Morgan fingerprint density at radius 3 is 2.64 bits per heavy atom. The number of carboxylic acid groups (broad SMARTS) is 1. The molecule has 2 heterocycles. The number of aliphatic carboxylic acids is 1. The van der Waals surface area contributed by atoms with Crippen LogP contribution in [-0.2, 0) is 32.0 Å². The first kappa shape index (κ1) is 23.9. The normalized spacial score (nSPS) is 17.2. The summed E-state index contributed by atoms with van der Waals surface area (Å²) in [6.07, 6.45) is 4.39. The highest BCUT2D eigenvalue weighted by Crippen LogP contribution is 2.19. The molecule has 176 valence electrons. The molecule has 0 radical (unpaired) electrons. The first-order chi connectivity index (χ1) is 15.8. The van der Waals surface area contributed by atoms with Gasteiger partial charge in [0.1, 0.15) is 12.1 Å². The van der Waals surface area contributed by atoms with Crippen molar-refractivity contribution >= 4 is 23.7 Å². The first-order valence-corrected chi connectivity index (χ1v) is 10.7. The number of carbonyl (C=O) groups excluding carboxylic acids is 3. The molecular formula is C22H28N6O5. The maximum absolute atomic E-state index is 12.8. The third-order valence-corrected chi connectivity index (χ3v) is 5.49. The van der Waals surface area contributed by atoms with Crippen molar-refractivity contribution in [1.29, 1.82) is 0 Å². The van der Waals surface area contributed by atoms with E-state index in [2.05, 4.69) is 20.6 Å². The number of amides is 3. The van der Waals surface area contributed by atoms with E-state index in [1.165, 1.54) is 17.4 Å². The van der Waals surface area contributed by atoms with Crippen LogP contribution in [0.25, 0.3) is 0 Å². The third-order valence-electron chi connectivity index (χ3n) is 5.49. The van der Waals surface area contributed by atoms with Crippen LogP contribution in [0.2, 0.25) is 0 Å². The van der Waals surface area contributed by atoms with Gasteiger partial charge in [0, 0.05) is 24.9 Å². The second-order valence-electron chi connectivity index (χ2n) is 7.94. The van der Waals surface area contributed by atoms with Gasteiger partial charge in [-0.25, -0.2) is 9.78 Å². The fourth-order valence-corrected chi connectivity index (χ4v) is 3.82. The zero-order valence-electron chi connectivity index (χ0n) is 18.1. The van der Waals surface area contributed by atoms with Crippen molar-refractivity contribution < 1.29 is 24.3 Å². The van der Waals surface area contributed by atoms with Crippen molar-refractivity contribution in [3.63, 3.8) is 0 Å². The quantitative estimate of drug-likeness (QED) is 0.311. The average Bonchev–Trinajstić information content (AvgIpc) is 3.49. The van der Waals surface area contributed by atoms with Crippen LogP contribution in [0.3, 0.4) is 0 Å². The van der Waals surface area contributed by atoms with Crippen molar-refractivity contribution in [3.8, 4) is 0 Å². The number of H-pyrrole nitrogens is 1. The van der Waals surface area contributed by atoms with Gasteiger partial charge in [0.05, 0.1) is 18.9 Å². The molecule has 0 bridgehead atoms. The summed E-state index contributed by atoms with van der Waals surface area (Å²) >= 11 is 0. The van der Waals surface area contributed by atoms with Crippen LogP contribution in [0.1, 0.15) is 24.1 Å². The number of likely N-dealkylation sites (tertiary alicyclic amines) is 1. The fourth-order valence-electron chi connectivity index (χ4n) is 3.82. The summed E-state index contributed by atoms with van der Waals surface area (Å²) in [4.78, 5) is 57.2. The molecule has 1 aliphatic rings. The van der Waals surface area contributed by atoms with Crippen molar-refractivity contribution in [3.05, 3.63) is 54.1 Å². The Hall–Kier alpha value is -3.73. The minimum atomic E-state index is -1.20. The molecule has 3 unspecified atom stereocenters. The SMILES string of the molecule is NC(Cc1ccccc1)C(=O)N1CCCC1C(=O)NCC(=O)NC(Cc1cnc[nH]1)C(=O)O. The lowest BCUT2D eigenvalue weighted by Crippen LogP contribution is -2.53. The smallest absolute Gasteiger partial charge is 0.326 e. The summed E-state index contributed by atoms with van der Waals surface area (Å²) in [6, 6.07) is 6.73. The molecule has 3 amide bonds. The van der Waals surface area contributed by atoms with E-state index in [4.69, 9.17) is 5.73 Å². The summed E-state index contributed by atoms with van der Waals surface area (Å²) in [7, 11) is 0. The number of hydrogen-bond donors (Lipinski definition) is 5. The number of rotatable bonds is 10. The molecule has 1 aromatic carbocycles. The number of nitrogens with one attached hydrogen (secondary N) is 3. The van der Waals surface area contributed by atoms with Crippen LogP contribution in [-0.4, -0.2) is 74.9 Å². The highest BCUT2D eigenvalue weighted by Gasteiger charge is 2.36. The Kier molecular flexibility index (Phi) is 8.14. The molecule has 2 aromatic rings. The largest absolute Gasteiger partial charge is 0.480 e. The van der Waals surface area contributed by atoms with Gasteiger partial charge in [-0.05, 0) is 24.8 Å². The molecule has 6 N–H and O–H groups in total. The number of carboxylic acids is 1. The van der Waals surface area contributed by atoms with E-state index in [1.807, 2.05) is 30.3 Å². The van der Waals surface area contributed by atoms with E-state index < -0.39 is 42.5 Å². The van der Waals surface area contributed by atoms with E-state index >= 15 is 0 Å².